The molecule has 1 N–H and O–H groups in total. The van der Waals surface area contributed by atoms with Crippen molar-refractivity contribution in [1.29, 1.82) is 0 Å². The van der Waals surface area contributed by atoms with Crippen LogP contribution in [0.3, 0.4) is 0 Å². The summed E-state index contributed by atoms with van der Waals surface area (Å²) in [7, 11) is 2.32. The van der Waals surface area contributed by atoms with Crippen LogP contribution in [0, 0.1) is 0 Å². The van der Waals surface area contributed by atoms with Crippen LogP contribution in [0.25, 0.3) is 0 Å². The molecule has 3 nitrogen and oxygen atoms in total. The smallest absolute Gasteiger partial charge is 0.0807 e. The summed E-state index contributed by atoms with van der Waals surface area (Å²) in [6.45, 7) is 0. The molecule has 1 aromatic heterocycles. The van der Waals surface area contributed by atoms with Crippen molar-refractivity contribution in [2.24, 2.45) is 0 Å². The Morgan fingerprint density at radius 2 is 1.80 bits per heavy atom. The number of aliphatic hydroxyl groups is 1. The molecule has 3 aliphatic rings. The van der Waals surface area contributed by atoms with Crippen LogP contribution in [-0.4, -0.2) is 33.7 Å². The third kappa shape index (κ3) is 1.94. The molecule has 0 saturated carbocycles. The second-order valence-electron chi connectivity index (χ2n) is 7.06. The van der Waals surface area contributed by atoms with Crippen LogP contribution >= 0.6 is 0 Å². The molecule has 3 heterocycles. The molecule has 3 atom stereocenters. The molecular formula is C17H26N2O. The van der Waals surface area contributed by atoms with Gasteiger partial charge in [0.15, 0.2) is 0 Å². The van der Waals surface area contributed by atoms with Gasteiger partial charge in [-0.25, -0.2) is 0 Å². The minimum Gasteiger partial charge on any atom is -0.388 e. The highest BCUT2D eigenvalue weighted by molar-refractivity contribution is 5.28. The molecule has 2 saturated heterocycles. The van der Waals surface area contributed by atoms with E-state index in [0.717, 1.165) is 31.3 Å². The molecule has 0 radical (unpaired) electrons. The summed E-state index contributed by atoms with van der Waals surface area (Å²) < 4.78 is 2.52. The van der Waals surface area contributed by atoms with Gasteiger partial charge in [-0.2, -0.15) is 0 Å². The molecule has 1 aromatic rings. The fourth-order valence-electron chi connectivity index (χ4n) is 4.85. The standard InChI is InChI=1S/C17H26N2O/c1-18-12-4-2-5-13(18)11-14(10-12)19-9-8-15-16(19)6-3-7-17(15)20/h8-9,12-14,17,20H,2-7,10-11H2,1H3. The fourth-order valence-corrected chi connectivity index (χ4v) is 4.85. The van der Waals surface area contributed by atoms with E-state index in [2.05, 4.69) is 28.8 Å². The lowest BCUT2D eigenvalue weighted by Crippen LogP contribution is -2.50. The SMILES string of the molecule is CN1C2CCCC1CC(n1ccc3c1CCCC3O)C2. The van der Waals surface area contributed by atoms with Crippen LogP contribution < -0.4 is 0 Å². The van der Waals surface area contributed by atoms with Gasteiger partial charge in [-0.1, -0.05) is 6.42 Å². The normalized spacial score (nSPS) is 37.7. The average molecular weight is 274 g/mol. The molecular weight excluding hydrogens is 248 g/mol. The number of aliphatic hydroxyl groups excluding tert-OH is 1. The first-order chi connectivity index (χ1) is 9.74. The van der Waals surface area contributed by atoms with Crippen LogP contribution in [0.4, 0.5) is 0 Å². The quantitative estimate of drug-likeness (QED) is 0.852. The Hall–Kier alpha value is -0.800. The van der Waals surface area contributed by atoms with Gasteiger partial charge in [0.05, 0.1) is 6.10 Å². The van der Waals surface area contributed by atoms with Crippen LogP contribution in [-0.2, 0) is 6.42 Å². The van der Waals surface area contributed by atoms with E-state index >= 15 is 0 Å². The van der Waals surface area contributed by atoms with Crippen molar-refractivity contribution in [3.05, 3.63) is 23.5 Å². The van der Waals surface area contributed by atoms with Crippen molar-refractivity contribution in [1.82, 2.24) is 9.47 Å². The summed E-state index contributed by atoms with van der Waals surface area (Å²) in [5.74, 6) is 0. The van der Waals surface area contributed by atoms with Crippen LogP contribution in [0.5, 0.6) is 0 Å². The third-order valence-corrected chi connectivity index (χ3v) is 6.02. The zero-order valence-corrected chi connectivity index (χ0v) is 12.5. The summed E-state index contributed by atoms with van der Waals surface area (Å²) in [4.78, 5) is 2.63. The predicted octanol–water partition coefficient (Wildman–Crippen LogP) is 3.05. The van der Waals surface area contributed by atoms with Gasteiger partial charge in [0, 0.05) is 35.6 Å². The summed E-state index contributed by atoms with van der Waals surface area (Å²) in [6.07, 6.45) is 12.0. The maximum absolute atomic E-state index is 10.2. The zero-order chi connectivity index (χ0) is 13.7. The molecule has 4 rings (SSSR count). The molecule has 0 aromatic carbocycles. The van der Waals surface area contributed by atoms with Crippen molar-refractivity contribution < 1.29 is 5.11 Å². The molecule has 2 aliphatic heterocycles. The van der Waals surface area contributed by atoms with Crippen molar-refractivity contribution in [3.63, 3.8) is 0 Å². The highest BCUT2D eigenvalue weighted by Crippen LogP contribution is 2.41. The number of aromatic nitrogens is 1. The molecule has 0 amide bonds. The van der Waals surface area contributed by atoms with E-state index in [-0.39, 0.29) is 6.10 Å². The van der Waals surface area contributed by atoms with Gasteiger partial charge >= 0.3 is 0 Å². The van der Waals surface area contributed by atoms with Gasteiger partial charge in [-0.3, -0.25) is 0 Å². The number of fused-ring (bicyclic) bond motifs is 3. The van der Waals surface area contributed by atoms with E-state index < -0.39 is 0 Å². The minimum atomic E-state index is -0.217. The number of piperidine rings is 2. The second kappa shape index (κ2) is 4.88. The highest BCUT2D eigenvalue weighted by Gasteiger charge is 2.37. The second-order valence-corrected chi connectivity index (χ2v) is 7.06. The average Bonchev–Trinajstić information content (AvgIpc) is 2.84. The van der Waals surface area contributed by atoms with E-state index in [1.807, 2.05) is 0 Å². The summed E-state index contributed by atoms with van der Waals surface area (Å²) >= 11 is 0. The first-order valence-corrected chi connectivity index (χ1v) is 8.33. The van der Waals surface area contributed by atoms with Gasteiger partial charge < -0.3 is 14.6 Å². The van der Waals surface area contributed by atoms with Gasteiger partial charge in [0.1, 0.15) is 0 Å². The van der Waals surface area contributed by atoms with Crippen molar-refractivity contribution in [3.8, 4) is 0 Å². The Kier molecular flexibility index (Phi) is 3.15. The number of hydrogen-bond acceptors (Lipinski definition) is 2. The molecule has 3 heteroatoms. The monoisotopic (exact) mass is 274 g/mol. The van der Waals surface area contributed by atoms with Gasteiger partial charge in [-0.05, 0) is 58.1 Å². The highest BCUT2D eigenvalue weighted by atomic mass is 16.3. The molecule has 2 bridgehead atoms. The van der Waals surface area contributed by atoms with E-state index in [4.69, 9.17) is 0 Å². The fraction of sp³-hybridized carbons (Fsp3) is 0.765. The molecule has 3 unspecified atom stereocenters. The van der Waals surface area contributed by atoms with Gasteiger partial charge in [0.25, 0.3) is 0 Å². The number of hydrogen-bond donors (Lipinski definition) is 1. The largest absolute Gasteiger partial charge is 0.388 e. The molecule has 2 fully saturated rings. The Morgan fingerprint density at radius 3 is 2.55 bits per heavy atom. The van der Waals surface area contributed by atoms with Crippen molar-refractivity contribution in [2.45, 2.75) is 75.6 Å². The van der Waals surface area contributed by atoms with Crippen LogP contribution in [0.15, 0.2) is 12.3 Å². The van der Waals surface area contributed by atoms with E-state index in [1.165, 1.54) is 43.4 Å². The maximum Gasteiger partial charge on any atom is 0.0807 e. The lowest BCUT2D eigenvalue weighted by molar-refractivity contribution is 0.0390. The van der Waals surface area contributed by atoms with E-state index in [0.29, 0.717) is 6.04 Å². The summed E-state index contributed by atoms with van der Waals surface area (Å²) in [5.41, 5.74) is 2.64. The Balaban J connectivity index is 1.62. The Bertz CT molecular complexity index is 481. The van der Waals surface area contributed by atoms with E-state index in [9.17, 15) is 5.11 Å². The Labute approximate surface area is 121 Å². The molecule has 0 spiro atoms. The predicted molar refractivity (Wildman–Crippen MR) is 79.8 cm³/mol. The van der Waals surface area contributed by atoms with Gasteiger partial charge in [0.2, 0.25) is 0 Å². The minimum absolute atomic E-state index is 0.217. The first kappa shape index (κ1) is 12.9. The number of nitrogens with zero attached hydrogens (tertiary/aromatic N) is 2. The topological polar surface area (TPSA) is 28.4 Å². The van der Waals surface area contributed by atoms with Gasteiger partial charge in [-0.15, -0.1) is 0 Å². The lowest BCUT2D eigenvalue weighted by Gasteiger charge is -2.47. The molecule has 20 heavy (non-hydrogen) atoms. The molecule has 1 aliphatic carbocycles. The number of rotatable bonds is 1. The van der Waals surface area contributed by atoms with E-state index in [1.54, 1.807) is 0 Å². The Morgan fingerprint density at radius 1 is 1.05 bits per heavy atom. The zero-order valence-electron chi connectivity index (χ0n) is 12.5. The van der Waals surface area contributed by atoms with Crippen LogP contribution in [0.2, 0.25) is 0 Å². The summed E-state index contributed by atoms with van der Waals surface area (Å²) in [5, 5.41) is 10.2. The van der Waals surface area contributed by atoms with Crippen molar-refractivity contribution >= 4 is 0 Å². The van der Waals surface area contributed by atoms with Crippen LogP contribution in [0.1, 0.15) is 68.3 Å². The van der Waals surface area contributed by atoms with Crippen molar-refractivity contribution in [2.75, 3.05) is 7.05 Å². The first-order valence-electron chi connectivity index (χ1n) is 8.33. The third-order valence-electron chi connectivity index (χ3n) is 6.02. The lowest BCUT2D eigenvalue weighted by atomic mass is 9.82. The summed E-state index contributed by atoms with van der Waals surface area (Å²) in [6, 6.07) is 4.39. The molecule has 110 valence electrons. The maximum atomic E-state index is 10.2.